The van der Waals surface area contributed by atoms with E-state index in [2.05, 4.69) is 41.4 Å². The van der Waals surface area contributed by atoms with Crippen LogP contribution in [0, 0.1) is 12.8 Å². The van der Waals surface area contributed by atoms with E-state index < -0.39 is 0 Å². The maximum atomic E-state index is 12.6. The van der Waals surface area contributed by atoms with Crippen LogP contribution in [-0.2, 0) is 11.3 Å². The molecular weight excluding hydrogens is 324 g/mol. The number of rotatable bonds is 6. The lowest BCUT2D eigenvalue weighted by molar-refractivity contribution is -0.121. The first-order valence-corrected chi connectivity index (χ1v) is 9.46. The zero-order chi connectivity index (χ0) is 18.4. The molecule has 1 saturated heterocycles. The van der Waals surface area contributed by atoms with E-state index in [0.717, 1.165) is 43.9 Å². The zero-order valence-corrected chi connectivity index (χ0v) is 15.7. The second kappa shape index (κ2) is 8.86. The maximum Gasteiger partial charge on any atom is 0.227 e. The molecule has 1 heterocycles. The molecule has 0 saturated carbocycles. The van der Waals surface area contributed by atoms with Crippen molar-refractivity contribution in [3.63, 3.8) is 0 Å². The maximum absolute atomic E-state index is 12.6. The highest BCUT2D eigenvalue weighted by Crippen LogP contribution is 2.26. The lowest BCUT2D eigenvalue weighted by atomic mass is 9.95. The first-order chi connectivity index (χ1) is 12.7. The van der Waals surface area contributed by atoms with Crippen LogP contribution in [0.5, 0.6) is 5.75 Å². The van der Waals surface area contributed by atoms with Crippen LogP contribution in [0.4, 0.5) is 5.69 Å². The van der Waals surface area contributed by atoms with Gasteiger partial charge in [-0.2, -0.15) is 0 Å². The number of carbonyl (C=O) groups is 1. The van der Waals surface area contributed by atoms with Gasteiger partial charge in [-0.05, 0) is 57.5 Å². The summed E-state index contributed by atoms with van der Waals surface area (Å²) in [5.41, 5.74) is 3.41. The predicted molar refractivity (Wildman–Crippen MR) is 105 cm³/mol. The summed E-state index contributed by atoms with van der Waals surface area (Å²) in [5.74, 6) is 0.908. The van der Waals surface area contributed by atoms with Crippen LogP contribution in [0.15, 0.2) is 48.5 Å². The van der Waals surface area contributed by atoms with Crippen molar-refractivity contribution in [3.8, 4) is 5.75 Å². The molecule has 1 aliphatic rings. The van der Waals surface area contributed by atoms with E-state index in [0.29, 0.717) is 6.61 Å². The van der Waals surface area contributed by atoms with Crippen molar-refractivity contribution < 1.29 is 9.53 Å². The van der Waals surface area contributed by atoms with E-state index in [1.54, 1.807) is 0 Å². The number of benzene rings is 2. The molecule has 0 spiro atoms. The number of hydrogen-bond donors (Lipinski definition) is 1. The van der Waals surface area contributed by atoms with Gasteiger partial charge in [0.15, 0.2) is 0 Å². The van der Waals surface area contributed by atoms with Crippen LogP contribution in [0.2, 0.25) is 0 Å². The number of piperidine rings is 1. The van der Waals surface area contributed by atoms with Gasteiger partial charge in [0.05, 0.1) is 12.3 Å². The number of hydrogen-bond acceptors (Lipinski definition) is 3. The molecule has 1 N–H and O–H groups in total. The molecule has 0 radical (unpaired) electrons. The number of aryl methyl sites for hydroxylation is 1. The van der Waals surface area contributed by atoms with Gasteiger partial charge in [-0.25, -0.2) is 0 Å². The molecule has 2 aromatic rings. The number of anilines is 1. The Labute approximate surface area is 156 Å². The van der Waals surface area contributed by atoms with Crippen LogP contribution in [0.1, 0.15) is 30.9 Å². The largest absolute Gasteiger partial charge is 0.492 e. The molecule has 4 nitrogen and oxygen atoms in total. The van der Waals surface area contributed by atoms with Crippen molar-refractivity contribution in [2.24, 2.45) is 5.92 Å². The predicted octanol–water partition coefficient (Wildman–Crippen LogP) is 4.24. The Hall–Kier alpha value is -2.33. The minimum atomic E-state index is 0.0680. The molecule has 0 bridgehead atoms. The summed E-state index contributed by atoms with van der Waals surface area (Å²) in [6.07, 6.45) is 1.79. The molecule has 0 aliphatic carbocycles. The highest BCUT2D eigenvalue weighted by Gasteiger charge is 2.25. The molecule has 0 atom stereocenters. The average molecular weight is 352 g/mol. The Kier molecular flexibility index (Phi) is 6.29. The second-order valence-corrected chi connectivity index (χ2v) is 6.96. The minimum absolute atomic E-state index is 0.0680. The molecule has 0 unspecified atom stereocenters. The normalized spacial score (nSPS) is 15.6. The van der Waals surface area contributed by atoms with Crippen LogP contribution < -0.4 is 10.1 Å². The molecule has 1 fully saturated rings. The number of nitrogens with one attached hydrogen (secondary N) is 1. The summed E-state index contributed by atoms with van der Waals surface area (Å²) < 4.78 is 5.60. The number of amides is 1. The smallest absolute Gasteiger partial charge is 0.227 e. The highest BCUT2D eigenvalue weighted by atomic mass is 16.5. The van der Waals surface area contributed by atoms with Gasteiger partial charge in [-0.15, -0.1) is 0 Å². The van der Waals surface area contributed by atoms with E-state index in [1.165, 1.54) is 11.1 Å². The monoisotopic (exact) mass is 352 g/mol. The van der Waals surface area contributed by atoms with E-state index in [-0.39, 0.29) is 11.8 Å². The van der Waals surface area contributed by atoms with Crippen LogP contribution >= 0.6 is 0 Å². The van der Waals surface area contributed by atoms with E-state index in [9.17, 15) is 4.79 Å². The molecule has 2 aromatic carbocycles. The van der Waals surface area contributed by atoms with Gasteiger partial charge < -0.3 is 10.1 Å². The van der Waals surface area contributed by atoms with E-state index >= 15 is 0 Å². The number of ether oxygens (including phenoxy) is 1. The standard InChI is InChI=1S/C22H28N2O2/c1-3-26-21-10-5-4-9-20(21)23-22(25)19-11-13-24(14-12-19)16-18-8-6-7-17(2)15-18/h4-10,15,19H,3,11-14,16H2,1-2H3,(H,23,25). The Bertz CT molecular complexity index is 736. The molecular formula is C22H28N2O2. The SMILES string of the molecule is CCOc1ccccc1NC(=O)C1CCN(Cc2cccc(C)c2)CC1. The third-order valence-corrected chi connectivity index (χ3v) is 4.89. The zero-order valence-electron chi connectivity index (χ0n) is 15.7. The Morgan fingerprint density at radius 3 is 2.65 bits per heavy atom. The summed E-state index contributed by atoms with van der Waals surface area (Å²) in [7, 11) is 0. The Morgan fingerprint density at radius 2 is 1.92 bits per heavy atom. The summed E-state index contributed by atoms with van der Waals surface area (Å²) in [6.45, 7) is 7.54. The third kappa shape index (κ3) is 4.85. The first-order valence-electron chi connectivity index (χ1n) is 9.46. The Morgan fingerprint density at radius 1 is 1.15 bits per heavy atom. The molecule has 1 aliphatic heterocycles. The van der Waals surface area contributed by atoms with Gasteiger partial charge in [0.2, 0.25) is 5.91 Å². The second-order valence-electron chi connectivity index (χ2n) is 6.96. The van der Waals surface area contributed by atoms with Crippen LogP contribution in [0.3, 0.4) is 0 Å². The topological polar surface area (TPSA) is 41.6 Å². The van der Waals surface area contributed by atoms with Crippen molar-refractivity contribution in [3.05, 3.63) is 59.7 Å². The molecule has 0 aromatic heterocycles. The van der Waals surface area contributed by atoms with Gasteiger partial charge >= 0.3 is 0 Å². The lowest BCUT2D eigenvalue weighted by Gasteiger charge is -2.31. The molecule has 26 heavy (non-hydrogen) atoms. The summed E-state index contributed by atoms with van der Waals surface area (Å²) in [6, 6.07) is 16.3. The minimum Gasteiger partial charge on any atom is -0.492 e. The fourth-order valence-electron chi connectivity index (χ4n) is 3.51. The van der Waals surface area contributed by atoms with E-state index in [1.807, 2.05) is 31.2 Å². The van der Waals surface area contributed by atoms with Gasteiger partial charge in [-0.1, -0.05) is 42.0 Å². The van der Waals surface area contributed by atoms with Gasteiger partial charge in [-0.3, -0.25) is 9.69 Å². The molecule has 3 rings (SSSR count). The summed E-state index contributed by atoms with van der Waals surface area (Å²) in [4.78, 5) is 15.1. The van der Waals surface area contributed by atoms with Crippen molar-refractivity contribution >= 4 is 11.6 Å². The van der Waals surface area contributed by atoms with Crippen LogP contribution in [0.25, 0.3) is 0 Å². The average Bonchev–Trinajstić information content (AvgIpc) is 2.64. The Balaban J connectivity index is 1.52. The van der Waals surface area contributed by atoms with Gasteiger partial charge in [0.1, 0.15) is 5.75 Å². The van der Waals surface area contributed by atoms with E-state index in [4.69, 9.17) is 4.74 Å². The third-order valence-electron chi connectivity index (χ3n) is 4.89. The molecule has 1 amide bonds. The summed E-state index contributed by atoms with van der Waals surface area (Å²) >= 11 is 0. The summed E-state index contributed by atoms with van der Waals surface area (Å²) in [5, 5.41) is 3.05. The van der Waals surface area contributed by atoms with Crippen LogP contribution in [-0.4, -0.2) is 30.5 Å². The quantitative estimate of drug-likeness (QED) is 0.845. The fraction of sp³-hybridized carbons (Fsp3) is 0.409. The fourth-order valence-corrected chi connectivity index (χ4v) is 3.51. The molecule has 138 valence electrons. The van der Waals surface area contributed by atoms with Crippen molar-refractivity contribution in [2.75, 3.05) is 25.0 Å². The first kappa shape index (κ1) is 18.5. The van der Waals surface area contributed by atoms with Gasteiger partial charge in [0.25, 0.3) is 0 Å². The van der Waals surface area contributed by atoms with Crippen molar-refractivity contribution in [1.82, 2.24) is 4.90 Å². The van der Waals surface area contributed by atoms with Crippen molar-refractivity contribution in [2.45, 2.75) is 33.2 Å². The molecule has 4 heteroatoms. The highest BCUT2D eigenvalue weighted by molar-refractivity contribution is 5.94. The number of likely N-dealkylation sites (tertiary alicyclic amines) is 1. The van der Waals surface area contributed by atoms with Gasteiger partial charge in [0, 0.05) is 12.5 Å². The lowest BCUT2D eigenvalue weighted by Crippen LogP contribution is -2.37. The number of nitrogens with zero attached hydrogens (tertiary/aromatic N) is 1. The van der Waals surface area contributed by atoms with Crippen molar-refractivity contribution in [1.29, 1.82) is 0 Å². The number of para-hydroxylation sites is 2. The number of carbonyl (C=O) groups excluding carboxylic acids is 1.